The largest absolute Gasteiger partial charge is 0.379 e. The predicted octanol–water partition coefficient (Wildman–Crippen LogP) is 1.86. The van der Waals surface area contributed by atoms with Gasteiger partial charge in [-0.15, -0.1) is 0 Å². The third kappa shape index (κ3) is 8.44. The van der Waals surface area contributed by atoms with Crippen molar-refractivity contribution < 1.29 is 14.2 Å². The van der Waals surface area contributed by atoms with Crippen LogP contribution in [0.25, 0.3) is 0 Å². The lowest BCUT2D eigenvalue weighted by Crippen LogP contribution is -2.45. The highest BCUT2D eigenvalue weighted by Crippen LogP contribution is 2.12. The molecule has 22 heavy (non-hydrogen) atoms. The van der Waals surface area contributed by atoms with Gasteiger partial charge in [0.25, 0.3) is 0 Å². The Morgan fingerprint density at radius 1 is 0.682 bits per heavy atom. The predicted molar refractivity (Wildman–Crippen MR) is 90.5 cm³/mol. The lowest BCUT2D eigenvalue weighted by atomic mass is 10.1. The zero-order chi connectivity index (χ0) is 16.4. The second-order valence-electron chi connectivity index (χ2n) is 7.12. The summed E-state index contributed by atoms with van der Waals surface area (Å²) < 4.78 is 17.2. The first-order valence-corrected chi connectivity index (χ1v) is 8.63. The van der Waals surface area contributed by atoms with Crippen molar-refractivity contribution in [3.63, 3.8) is 0 Å². The fourth-order valence-electron chi connectivity index (χ4n) is 2.55. The Labute approximate surface area is 136 Å². The van der Waals surface area contributed by atoms with E-state index < -0.39 is 0 Å². The van der Waals surface area contributed by atoms with Crippen molar-refractivity contribution in [1.82, 2.24) is 9.80 Å². The van der Waals surface area contributed by atoms with E-state index >= 15 is 0 Å². The Balaban J connectivity index is 2.48. The lowest BCUT2D eigenvalue weighted by Gasteiger charge is -2.35. The molecule has 0 atom stereocenters. The maximum Gasteiger partial charge on any atom is 0.0701 e. The normalized spacial score (nSPS) is 23.2. The van der Waals surface area contributed by atoms with Crippen molar-refractivity contribution in [2.24, 2.45) is 0 Å². The Morgan fingerprint density at radius 3 is 1.50 bits per heavy atom. The highest BCUT2D eigenvalue weighted by Gasteiger charge is 2.20. The van der Waals surface area contributed by atoms with Gasteiger partial charge in [0.15, 0.2) is 0 Å². The van der Waals surface area contributed by atoms with E-state index in [1.165, 1.54) is 0 Å². The number of hydrogen-bond donors (Lipinski definition) is 0. The van der Waals surface area contributed by atoms with Gasteiger partial charge in [-0.3, -0.25) is 9.80 Å². The minimum atomic E-state index is 0.140. The SMILES string of the molecule is CC(C)N1CCOCCOCCN(C(C)(C)C)CCOCC1. The van der Waals surface area contributed by atoms with Crippen molar-refractivity contribution in [1.29, 1.82) is 0 Å². The summed E-state index contributed by atoms with van der Waals surface area (Å²) in [6.45, 7) is 19.4. The Kier molecular flexibility index (Phi) is 9.52. The average Bonchev–Trinajstić information content (AvgIpc) is 2.43. The van der Waals surface area contributed by atoms with Crippen molar-refractivity contribution in [2.45, 2.75) is 46.2 Å². The van der Waals surface area contributed by atoms with Gasteiger partial charge in [-0.2, -0.15) is 0 Å². The van der Waals surface area contributed by atoms with Crippen LogP contribution in [-0.4, -0.2) is 87.2 Å². The van der Waals surface area contributed by atoms with Gasteiger partial charge >= 0.3 is 0 Å². The van der Waals surface area contributed by atoms with E-state index in [9.17, 15) is 0 Å². The van der Waals surface area contributed by atoms with Gasteiger partial charge in [0.1, 0.15) is 0 Å². The van der Waals surface area contributed by atoms with Crippen molar-refractivity contribution >= 4 is 0 Å². The van der Waals surface area contributed by atoms with E-state index in [-0.39, 0.29) is 5.54 Å². The third-order valence-corrected chi connectivity index (χ3v) is 4.11. The molecule has 0 radical (unpaired) electrons. The standard InChI is InChI=1S/C17H36N2O3/c1-16(2)18-6-10-20-12-8-19(17(3,4)5)9-13-22-15-14-21-11-7-18/h16H,6-15H2,1-5H3. The van der Waals surface area contributed by atoms with Crippen LogP contribution in [0.5, 0.6) is 0 Å². The molecule has 0 unspecified atom stereocenters. The topological polar surface area (TPSA) is 34.2 Å². The molecule has 1 heterocycles. The van der Waals surface area contributed by atoms with Crippen LogP contribution in [0.1, 0.15) is 34.6 Å². The fraction of sp³-hybridized carbons (Fsp3) is 1.00. The number of hydrogen-bond acceptors (Lipinski definition) is 5. The molecule has 0 aliphatic carbocycles. The molecule has 0 saturated carbocycles. The first-order chi connectivity index (χ1) is 10.4. The number of ether oxygens (including phenoxy) is 3. The molecule has 1 aliphatic heterocycles. The molecule has 0 amide bonds. The van der Waals surface area contributed by atoms with Gasteiger partial charge < -0.3 is 14.2 Å². The minimum absolute atomic E-state index is 0.140. The summed E-state index contributed by atoms with van der Waals surface area (Å²) >= 11 is 0. The second kappa shape index (κ2) is 10.6. The molecule has 0 spiro atoms. The van der Waals surface area contributed by atoms with Crippen LogP contribution in [-0.2, 0) is 14.2 Å². The molecule has 1 saturated heterocycles. The maximum atomic E-state index is 5.85. The van der Waals surface area contributed by atoms with Crippen LogP contribution < -0.4 is 0 Å². The van der Waals surface area contributed by atoms with Gasteiger partial charge in [0.05, 0.1) is 39.6 Å². The number of rotatable bonds is 1. The van der Waals surface area contributed by atoms with E-state index in [0.717, 1.165) is 52.6 Å². The van der Waals surface area contributed by atoms with E-state index in [4.69, 9.17) is 14.2 Å². The zero-order valence-electron chi connectivity index (χ0n) is 15.3. The molecule has 0 N–H and O–H groups in total. The van der Waals surface area contributed by atoms with Crippen LogP contribution in [0, 0.1) is 0 Å². The lowest BCUT2D eigenvalue weighted by molar-refractivity contribution is 0.0180. The molecular formula is C17H36N2O3. The van der Waals surface area contributed by atoms with Crippen molar-refractivity contribution in [3.05, 3.63) is 0 Å². The summed E-state index contributed by atoms with van der Waals surface area (Å²) in [5.41, 5.74) is 0.140. The van der Waals surface area contributed by atoms with Gasteiger partial charge in [-0.25, -0.2) is 0 Å². The summed E-state index contributed by atoms with van der Waals surface area (Å²) in [5.74, 6) is 0. The van der Waals surface area contributed by atoms with E-state index in [0.29, 0.717) is 19.3 Å². The molecule has 1 fully saturated rings. The molecule has 5 heteroatoms. The maximum absolute atomic E-state index is 5.85. The minimum Gasteiger partial charge on any atom is -0.379 e. The molecule has 5 nitrogen and oxygen atoms in total. The molecule has 0 aromatic rings. The van der Waals surface area contributed by atoms with Gasteiger partial charge in [-0.05, 0) is 34.6 Å². The van der Waals surface area contributed by atoms with Crippen LogP contribution in [0.2, 0.25) is 0 Å². The molecule has 0 bridgehead atoms. The summed E-state index contributed by atoms with van der Waals surface area (Å²) in [5, 5.41) is 0. The zero-order valence-corrected chi connectivity index (χ0v) is 15.3. The summed E-state index contributed by atoms with van der Waals surface area (Å²) in [6, 6.07) is 0.519. The van der Waals surface area contributed by atoms with Gasteiger partial charge in [0, 0.05) is 37.8 Å². The van der Waals surface area contributed by atoms with Crippen LogP contribution in [0.4, 0.5) is 0 Å². The fourth-order valence-corrected chi connectivity index (χ4v) is 2.55. The quantitative estimate of drug-likeness (QED) is 0.738. The molecule has 0 aromatic heterocycles. The molecule has 1 aliphatic rings. The molecule has 0 aromatic carbocycles. The van der Waals surface area contributed by atoms with Crippen LogP contribution >= 0.6 is 0 Å². The Bertz CT molecular complexity index is 280. The van der Waals surface area contributed by atoms with Crippen molar-refractivity contribution in [3.8, 4) is 0 Å². The van der Waals surface area contributed by atoms with E-state index in [1.54, 1.807) is 0 Å². The highest BCUT2D eigenvalue weighted by molar-refractivity contribution is 4.76. The third-order valence-electron chi connectivity index (χ3n) is 4.11. The second-order valence-corrected chi connectivity index (χ2v) is 7.12. The van der Waals surface area contributed by atoms with Gasteiger partial charge in [-0.1, -0.05) is 0 Å². The monoisotopic (exact) mass is 316 g/mol. The van der Waals surface area contributed by atoms with E-state index in [1.807, 2.05) is 0 Å². The van der Waals surface area contributed by atoms with Crippen LogP contribution in [0.15, 0.2) is 0 Å². The highest BCUT2D eigenvalue weighted by atomic mass is 16.5. The Hall–Kier alpha value is -0.200. The first-order valence-electron chi connectivity index (χ1n) is 8.63. The number of nitrogens with zero attached hydrogens (tertiary/aromatic N) is 2. The molecular weight excluding hydrogens is 280 g/mol. The Morgan fingerprint density at radius 2 is 1.09 bits per heavy atom. The molecule has 132 valence electrons. The summed E-state index contributed by atoms with van der Waals surface area (Å²) in [6.07, 6.45) is 0. The average molecular weight is 316 g/mol. The molecule has 1 rings (SSSR count). The van der Waals surface area contributed by atoms with E-state index in [2.05, 4.69) is 44.4 Å². The summed E-state index contributed by atoms with van der Waals surface area (Å²) in [7, 11) is 0. The first kappa shape index (κ1) is 19.8. The van der Waals surface area contributed by atoms with Crippen LogP contribution in [0.3, 0.4) is 0 Å². The summed E-state index contributed by atoms with van der Waals surface area (Å²) in [4.78, 5) is 4.83. The van der Waals surface area contributed by atoms with Crippen molar-refractivity contribution in [2.75, 3.05) is 65.8 Å². The smallest absolute Gasteiger partial charge is 0.0701 e. The van der Waals surface area contributed by atoms with Gasteiger partial charge in [0.2, 0.25) is 0 Å².